The molecule has 0 bridgehead atoms. The van der Waals surface area contributed by atoms with Gasteiger partial charge in [-0.15, -0.1) is 0 Å². The molecule has 61 heavy (non-hydrogen) atoms. The van der Waals surface area contributed by atoms with Gasteiger partial charge in [0.1, 0.15) is 0 Å². The van der Waals surface area contributed by atoms with E-state index in [1.807, 2.05) is 0 Å². The Morgan fingerprint density at radius 2 is 0.918 bits per heavy atom. The van der Waals surface area contributed by atoms with Crippen LogP contribution in [0.2, 0.25) is 0 Å². The molecule has 2 nitrogen and oxygen atoms in total. The SMILES string of the molecule is c1ccc(N(c2cccc(-c3ccc4c(c3)C3(c5ccccc5-c5ccccc53)c3c-4ccc4ccccc34)c2)c2ccc3c4ccccc4n(-c4ccccc4)c3c2)cc1. The van der Waals surface area contributed by atoms with Gasteiger partial charge < -0.3 is 9.47 Å². The van der Waals surface area contributed by atoms with Crippen LogP contribution in [-0.4, -0.2) is 4.57 Å². The molecule has 0 radical (unpaired) electrons. The third kappa shape index (κ3) is 4.79. The Morgan fingerprint density at radius 3 is 1.72 bits per heavy atom. The van der Waals surface area contributed by atoms with Crippen LogP contribution in [0.5, 0.6) is 0 Å². The van der Waals surface area contributed by atoms with Crippen LogP contribution in [0.25, 0.3) is 71.6 Å². The van der Waals surface area contributed by atoms with Crippen molar-refractivity contribution < 1.29 is 0 Å². The zero-order chi connectivity index (χ0) is 40.1. The lowest BCUT2D eigenvalue weighted by atomic mass is 9.69. The number of hydrogen-bond donors (Lipinski definition) is 0. The van der Waals surface area contributed by atoms with Gasteiger partial charge in [-0.05, 0) is 127 Å². The van der Waals surface area contributed by atoms with E-state index in [-0.39, 0.29) is 0 Å². The first kappa shape index (κ1) is 34.0. The Morgan fingerprint density at radius 1 is 0.328 bits per heavy atom. The summed E-state index contributed by atoms with van der Waals surface area (Å²) in [7, 11) is 0. The molecular formula is C59H38N2. The molecule has 284 valence electrons. The third-order valence-corrected chi connectivity index (χ3v) is 13.4. The van der Waals surface area contributed by atoms with E-state index >= 15 is 0 Å². The zero-order valence-corrected chi connectivity index (χ0v) is 33.3. The maximum Gasteiger partial charge on any atom is 0.0731 e. The standard InChI is InChI=1S/C59H38N2/c1-3-18-42(19-4-1)60(45-32-35-51-50-26-11-14-29-56(50)61(57(51)38-45)43-20-5-2-6-21-43)44-22-15-17-40(36-44)41-31-33-49-52-34-30-39-16-7-8-23-46(39)58(52)59(55(49)37-41)53-27-12-9-24-47(53)48-25-10-13-28-54(48)59/h1-38H. The number of aromatic nitrogens is 1. The minimum atomic E-state index is -0.449. The fourth-order valence-electron chi connectivity index (χ4n) is 10.9. The number of benzene rings is 10. The second kappa shape index (κ2) is 13.0. The maximum atomic E-state index is 2.50. The lowest BCUT2D eigenvalue weighted by molar-refractivity contribution is 0.801. The molecule has 11 aromatic rings. The van der Waals surface area contributed by atoms with E-state index in [0.29, 0.717) is 0 Å². The van der Waals surface area contributed by atoms with Crippen molar-refractivity contribution in [1.82, 2.24) is 4.57 Å². The molecule has 2 aliphatic rings. The molecule has 0 unspecified atom stereocenters. The van der Waals surface area contributed by atoms with Gasteiger partial charge in [0.25, 0.3) is 0 Å². The van der Waals surface area contributed by atoms with E-state index < -0.39 is 5.41 Å². The minimum Gasteiger partial charge on any atom is -0.310 e. The number of para-hydroxylation sites is 3. The molecule has 0 aliphatic heterocycles. The second-order valence-electron chi connectivity index (χ2n) is 16.4. The van der Waals surface area contributed by atoms with Crippen LogP contribution in [0.3, 0.4) is 0 Å². The highest BCUT2D eigenvalue weighted by molar-refractivity contribution is 6.10. The lowest BCUT2D eigenvalue weighted by Gasteiger charge is -2.31. The summed E-state index contributed by atoms with van der Waals surface area (Å²) in [5, 5.41) is 5.07. The van der Waals surface area contributed by atoms with E-state index in [1.165, 1.54) is 88.2 Å². The van der Waals surface area contributed by atoms with Crippen LogP contribution in [0, 0.1) is 0 Å². The molecule has 2 aliphatic carbocycles. The van der Waals surface area contributed by atoms with Crippen molar-refractivity contribution in [2.45, 2.75) is 5.41 Å². The zero-order valence-electron chi connectivity index (χ0n) is 33.3. The van der Waals surface area contributed by atoms with Gasteiger partial charge in [-0.2, -0.15) is 0 Å². The summed E-state index contributed by atoms with van der Waals surface area (Å²) in [6, 6.07) is 85.2. The van der Waals surface area contributed by atoms with Gasteiger partial charge in [-0.3, -0.25) is 0 Å². The Bertz CT molecular complexity index is 3500. The summed E-state index contributed by atoms with van der Waals surface area (Å²) < 4.78 is 2.40. The monoisotopic (exact) mass is 774 g/mol. The average molecular weight is 775 g/mol. The van der Waals surface area contributed by atoms with E-state index in [9.17, 15) is 0 Å². The Kier molecular flexibility index (Phi) is 7.26. The van der Waals surface area contributed by atoms with Crippen LogP contribution in [0.15, 0.2) is 231 Å². The largest absolute Gasteiger partial charge is 0.310 e. The van der Waals surface area contributed by atoms with Crippen molar-refractivity contribution in [1.29, 1.82) is 0 Å². The summed E-state index contributed by atoms with van der Waals surface area (Å²) in [5.41, 5.74) is 19.5. The van der Waals surface area contributed by atoms with Crippen LogP contribution in [0.1, 0.15) is 22.3 Å². The smallest absolute Gasteiger partial charge is 0.0731 e. The predicted octanol–water partition coefficient (Wildman–Crippen LogP) is 15.4. The molecule has 0 amide bonds. The molecule has 0 saturated carbocycles. The molecule has 0 N–H and O–H groups in total. The third-order valence-electron chi connectivity index (χ3n) is 13.4. The Balaban J connectivity index is 1.01. The fraction of sp³-hybridized carbons (Fsp3) is 0.0169. The quantitative estimate of drug-likeness (QED) is 0.169. The average Bonchev–Trinajstić information content (AvgIpc) is 3.94. The number of anilines is 3. The van der Waals surface area contributed by atoms with Crippen molar-refractivity contribution in [3.05, 3.63) is 253 Å². The van der Waals surface area contributed by atoms with Crippen LogP contribution < -0.4 is 4.90 Å². The highest BCUT2D eigenvalue weighted by Crippen LogP contribution is 2.64. The highest BCUT2D eigenvalue weighted by atomic mass is 15.1. The maximum absolute atomic E-state index is 2.50. The molecule has 0 saturated heterocycles. The summed E-state index contributed by atoms with van der Waals surface area (Å²) in [6.45, 7) is 0. The van der Waals surface area contributed by atoms with Gasteiger partial charge in [0.15, 0.2) is 0 Å². The molecule has 1 spiro atoms. The van der Waals surface area contributed by atoms with Gasteiger partial charge in [-0.1, -0.05) is 170 Å². The van der Waals surface area contributed by atoms with Crippen LogP contribution in [0.4, 0.5) is 17.1 Å². The lowest BCUT2D eigenvalue weighted by Crippen LogP contribution is -2.26. The van der Waals surface area contributed by atoms with Crippen molar-refractivity contribution >= 4 is 49.6 Å². The number of hydrogen-bond acceptors (Lipinski definition) is 1. The van der Waals surface area contributed by atoms with Crippen molar-refractivity contribution in [2.75, 3.05) is 4.90 Å². The number of fused-ring (bicyclic) bond motifs is 15. The highest BCUT2D eigenvalue weighted by Gasteiger charge is 2.52. The van der Waals surface area contributed by atoms with E-state index in [2.05, 4.69) is 240 Å². The van der Waals surface area contributed by atoms with Gasteiger partial charge >= 0.3 is 0 Å². The number of nitrogens with zero attached hydrogens (tertiary/aromatic N) is 2. The van der Waals surface area contributed by atoms with E-state index in [4.69, 9.17) is 0 Å². The first-order valence-electron chi connectivity index (χ1n) is 21.2. The summed E-state index contributed by atoms with van der Waals surface area (Å²) in [5.74, 6) is 0. The van der Waals surface area contributed by atoms with Gasteiger partial charge in [0.2, 0.25) is 0 Å². The second-order valence-corrected chi connectivity index (χ2v) is 16.4. The topological polar surface area (TPSA) is 8.17 Å². The van der Waals surface area contributed by atoms with Gasteiger partial charge in [0, 0.05) is 33.5 Å². The molecule has 10 aromatic carbocycles. The van der Waals surface area contributed by atoms with Crippen LogP contribution in [-0.2, 0) is 5.41 Å². The minimum absolute atomic E-state index is 0.449. The number of rotatable bonds is 5. The van der Waals surface area contributed by atoms with Crippen molar-refractivity contribution in [3.8, 4) is 39.1 Å². The van der Waals surface area contributed by atoms with Crippen molar-refractivity contribution in [2.24, 2.45) is 0 Å². The molecule has 13 rings (SSSR count). The predicted molar refractivity (Wildman–Crippen MR) is 255 cm³/mol. The van der Waals surface area contributed by atoms with Crippen LogP contribution >= 0.6 is 0 Å². The van der Waals surface area contributed by atoms with Gasteiger partial charge in [-0.25, -0.2) is 0 Å². The Hall–Kier alpha value is -7.94. The molecule has 1 heterocycles. The Labute approximate surface area is 354 Å². The molecule has 0 fully saturated rings. The molecule has 1 aromatic heterocycles. The van der Waals surface area contributed by atoms with Crippen molar-refractivity contribution in [3.63, 3.8) is 0 Å². The van der Waals surface area contributed by atoms with E-state index in [0.717, 1.165) is 22.7 Å². The fourth-order valence-corrected chi connectivity index (χ4v) is 10.9. The molecule has 0 atom stereocenters. The first-order valence-corrected chi connectivity index (χ1v) is 21.2. The summed E-state index contributed by atoms with van der Waals surface area (Å²) in [6.07, 6.45) is 0. The normalized spacial score (nSPS) is 13.0. The summed E-state index contributed by atoms with van der Waals surface area (Å²) in [4.78, 5) is 2.40. The summed E-state index contributed by atoms with van der Waals surface area (Å²) >= 11 is 0. The molecule has 2 heteroatoms. The van der Waals surface area contributed by atoms with E-state index in [1.54, 1.807) is 0 Å². The first-order chi connectivity index (χ1) is 30.3. The molecular weight excluding hydrogens is 737 g/mol. The van der Waals surface area contributed by atoms with Gasteiger partial charge in [0.05, 0.1) is 16.4 Å².